The van der Waals surface area contributed by atoms with Crippen LogP contribution in [0.2, 0.25) is 0 Å². The SMILES string of the molecule is [B]c1cnc(NCCc2ccccn2)nc1Nc1cc(C2CC2)[nH]n1. The Morgan fingerprint density at radius 2 is 2.16 bits per heavy atom. The van der Waals surface area contributed by atoms with Crippen LogP contribution in [0.5, 0.6) is 0 Å². The molecule has 0 bridgehead atoms. The zero-order valence-electron chi connectivity index (χ0n) is 13.7. The minimum absolute atomic E-state index is 0.478. The van der Waals surface area contributed by atoms with Crippen LogP contribution < -0.4 is 16.1 Å². The number of hydrogen-bond donors (Lipinski definition) is 3. The molecule has 1 fully saturated rings. The van der Waals surface area contributed by atoms with E-state index in [4.69, 9.17) is 7.85 Å². The molecule has 0 saturated heterocycles. The van der Waals surface area contributed by atoms with Gasteiger partial charge in [0.1, 0.15) is 13.7 Å². The van der Waals surface area contributed by atoms with Gasteiger partial charge in [0.15, 0.2) is 5.82 Å². The highest BCUT2D eigenvalue weighted by atomic mass is 15.2. The molecule has 1 aliphatic rings. The van der Waals surface area contributed by atoms with Crippen LogP contribution in [-0.4, -0.2) is 39.5 Å². The lowest BCUT2D eigenvalue weighted by Crippen LogP contribution is -2.16. The van der Waals surface area contributed by atoms with Gasteiger partial charge >= 0.3 is 0 Å². The van der Waals surface area contributed by atoms with Gasteiger partial charge in [0, 0.05) is 48.7 Å². The van der Waals surface area contributed by atoms with Crippen molar-refractivity contribution < 1.29 is 0 Å². The molecule has 2 radical (unpaired) electrons. The predicted octanol–water partition coefficient (Wildman–Crippen LogP) is 1.66. The highest BCUT2D eigenvalue weighted by Crippen LogP contribution is 2.39. The lowest BCUT2D eigenvalue weighted by molar-refractivity contribution is 0.942. The molecule has 3 aromatic rings. The molecule has 124 valence electrons. The van der Waals surface area contributed by atoms with E-state index in [1.165, 1.54) is 12.8 Å². The minimum atomic E-state index is 0.478. The molecule has 8 heteroatoms. The normalized spacial score (nSPS) is 13.6. The van der Waals surface area contributed by atoms with Gasteiger partial charge < -0.3 is 10.6 Å². The lowest BCUT2D eigenvalue weighted by Gasteiger charge is -2.09. The highest BCUT2D eigenvalue weighted by molar-refractivity contribution is 6.35. The third-order valence-corrected chi connectivity index (χ3v) is 4.07. The van der Waals surface area contributed by atoms with Crippen LogP contribution in [0.15, 0.2) is 36.7 Å². The van der Waals surface area contributed by atoms with Crippen LogP contribution >= 0.6 is 0 Å². The molecular weight excluding hydrogens is 313 g/mol. The molecule has 0 unspecified atom stereocenters. The van der Waals surface area contributed by atoms with E-state index in [-0.39, 0.29) is 0 Å². The first kappa shape index (κ1) is 15.6. The number of nitrogens with one attached hydrogen (secondary N) is 3. The molecule has 1 saturated carbocycles. The molecule has 3 heterocycles. The summed E-state index contributed by atoms with van der Waals surface area (Å²) in [7, 11) is 5.97. The van der Waals surface area contributed by atoms with Crippen molar-refractivity contribution in [2.75, 3.05) is 17.2 Å². The quantitative estimate of drug-likeness (QED) is 0.571. The first-order valence-corrected chi connectivity index (χ1v) is 8.36. The largest absolute Gasteiger partial charge is 0.354 e. The summed E-state index contributed by atoms with van der Waals surface area (Å²) < 4.78 is 0. The summed E-state index contributed by atoms with van der Waals surface area (Å²) in [5, 5.41) is 13.7. The third-order valence-electron chi connectivity index (χ3n) is 4.07. The second kappa shape index (κ2) is 6.92. The average Bonchev–Trinajstić information content (AvgIpc) is 3.38. The standard InChI is InChI=1S/C17H18BN7/c18-13-10-21-17(20-8-6-12-3-1-2-7-19-12)23-16(13)22-15-9-14(24-25-15)11-4-5-11/h1-3,7,9-11H,4-6,8H2,(H3,20,21,22,23,24,25). The van der Waals surface area contributed by atoms with Crippen molar-refractivity contribution >= 4 is 30.9 Å². The highest BCUT2D eigenvalue weighted by Gasteiger charge is 2.25. The van der Waals surface area contributed by atoms with Gasteiger partial charge in [0.05, 0.1) is 0 Å². The van der Waals surface area contributed by atoms with Crippen LogP contribution in [0.25, 0.3) is 0 Å². The van der Waals surface area contributed by atoms with Crippen molar-refractivity contribution in [2.24, 2.45) is 0 Å². The molecule has 0 atom stereocenters. The Hall–Kier alpha value is -2.90. The maximum Gasteiger partial charge on any atom is 0.224 e. The van der Waals surface area contributed by atoms with E-state index in [0.29, 0.717) is 35.5 Å². The Kier molecular flexibility index (Phi) is 4.33. The number of anilines is 3. The molecule has 4 rings (SSSR count). The Morgan fingerprint density at radius 3 is 2.96 bits per heavy atom. The summed E-state index contributed by atoms with van der Waals surface area (Å²) in [4.78, 5) is 12.9. The smallest absolute Gasteiger partial charge is 0.224 e. The van der Waals surface area contributed by atoms with E-state index in [0.717, 1.165) is 17.8 Å². The van der Waals surface area contributed by atoms with Crippen LogP contribution in [0.3, 0.4) is 0 Å². The van der Waals surface area contributed by atoms with Crippen molar-refractivity contribution in [2.45, 2.75) is 25.2 Å². The van der Waals surface area contributed by atoms with Gasteiger partial charge in [0.25, 0.3) is 0 Å². The molecule has 0 spiro atoms. The van der Waals surface area contributed by atoms with Gasteiger partial charge in [-0.25, -0.2) is 4.98 Å². The topological polar surface area (TPSA) is 91.4 Å². The van der Waals surface area contributed by atoms with Crippen molar-refractivity contribution in [1.82, 2.24) is 25.1 Å². The van der Waals surface area contributed by atoms with E-state index >= 15 is 0 Å². The zero-order chi connectivity index (χ0) is 17.1. The van der Waals surface area contributed by atoms with E-state index in [1.54, 1.807) is 12.4 Å². The fourth-order valence-corrected chi connectivity index (χ4v) is 2.55. The molecule has 0 aliphatic heterocycles. The van der Waals surface area contributed by atoms with Crippen molar-refractivity contribution in [1.29, 1.82) is 0 Å². The van der Waals surface area contributed by atoms with E-state index in [2.05, 4.69) is 35.8 Å². The van der Waals surface area contributed by atoms with Gasteiger partial charge in [-0.15, -0.1) is 0 Å². The van der Waals surface area contributed by atoms with Gasteiger partial charge in [0.2, 0.25) is 5.95 Å². The first-order valence-electron chi connectivity index (χ1n) is 8.36. The zero-order valence-corrected chi connectivity index (χ0v) is 13.7. The number of pyridine rings is 1. The minimum Gasteiger partial charge on any atom is -0.354 e. The molecule has 1 aliphatic carbocycles. The second-order valence-electron chi connectivity index (χ2n) is 6.10. The van der Waals surface area contributed by atoms with Crippen molar-refractivity contribution in [3.8, 4) is 0 Å². The number of aromatic amines is 1. The molecule has 3 N–H and O–H groups in total. The average molecular weight is 331 g/mol. The van der Waals surface area contributed by atoms with E-state index in [1.807, 2.05) is 24.3 Å². The predicted molar refractivity (Wildman–Crippen MR) is 97.7 cm³/mol. The van der Waals surface area contributed by atoms with Crippen LogP contribution in [0.1, 0.15) is 30.1 Å². The number of rotatable bonds is 7. The van der Waals surface area contributed by atoms with Gasteiger partial charge in [-0.05, 0) is 30.4 Å². The molecule has 7 nitrogen and oxygen atoms in total. The van der Waals surface area contributed by atoms with Crippen molar-refractivity contribution in [3.63, 3.8) is 0 Å². The number of nitrogens with zero attached hydrogens (tertiary/aromatic N) is 4. The van der Waals surface area contributed by atoms with Crippen LogP contribution in [0, 0.1) is 0 Å². The summed E-state index contributed by atoms with van der Waals surface area (Å²) >= 11 is 0. The van der Waals surface area contributed by atoms with Gasteiger partial charge in [-0.1, -0.05) is 6.07 Å². The molecule has 25 heavy (non-hydrogen) atoms. The fourth-order valence-electron chi connectivity index (χ4n) is 2.55. The monoisotopic (exact) mass is 331 g/mol. The van der Waals surface area contributed by atoms with Gasteiger partial charge in [-0.3, -0.25) is 10.1 Å². The lowest BCUT2D eigenvalue weighted by atomic mass is 9.99. The first-order chi connectivity index (χ1) is 12.3. The van der Waals surface area contributed by atoms with E-state index < -0.39 is 0 Å². The number of hydrogen-bond acceptors (Lipinski definition) is 6. The molecule has 3 aromatic heterocycles. The van der Waals surface area contributed by atoms with Crippen molar-refractivity contribution in [3.05, 3.63) is 48.0 Å². The Bertz CT molecular complexity index is 845. The second-order valence-corrected chi connectivity index (χ2v) is 6.10. The van der Waals surface area contributed by atoms with Gasteiger partial charge in [-0.2, -0.15) is 10.1 Å². The molecular formula is C17H18BN7. The maximum atomic E-state index is 5.97. The fraction of sp³-hybridized carbons (Fsp3) is 0.294. The summed E-state index contributed by atoms with van der Waals surface area (Å²) in [6, 6.07) is 7.88. The van der Waals surface area contributed by atoms with Crippen LogP contribution in [-0.2, 0) is 6.42 Å². The summed E-state index contributed by atoms with van der Waals surface area (Å²) in [6.45, 7) is 0.689. The molecule has 0 amide bonds. The number of H-pyrrole nitrogens is 1. The maximum absolute atomic E-state index is 5.97. The number of aromatic nitrogens is 5. The summed E-state index contributed by atoms with van der Waals surface area (Å²) in [5.41, 5.74) is 2.66. The summed E-state index contributed by atoms with van der Waals surface area (Å²) in [6.07, 6.45) is 6.62. The summed E-state index contributed by atoms with van der Waals surface area (Å²) in [5.74, 6) is 2.40. The Labute approximate surface area is 147 Å². The molecule has 0 aromatic carbocycles. The van der Waals surface area contributed by atoms with Crippen LogP contribution in [0.4, 0.5) is 17.6 Å². The Morgan fingerprint density at radius 1 is 1.24 bits per heavy atom. The third kappa shape index (κ3) is 3.96. The van der Waals surface area contributed by atoms with E-state index in [9.17, 15) is 0 Å². The Balaban J connectivity index is 1.39.